The van der Waals surface area contributed by atoms with Crippen molar-refractivity contribution in [2.45, 2.75) is 44.2 Å². The maximum Gasteiger partial charge on any atom is 0.0757 e. The molecule has 0 aliphatic carbocycles. The first-order valence-electron chi connectivity index (χ1n) is 5.48. The summed E-state index contributed by atoms with van der Waals surface area (Å²) in [6.45, 7) is 2.13. The lowest BCUT2D eigenvalue weighted by Crippen LogP contribution is -2.32. The number of rotatable bonds is 2. The molecule has 2 fully saturated rings. The highest BCUT2D eigenvalue weighted by atomic mass is 16.5. The summed E-state index contributed by atoms with van der Waals surface area (Å²) < 4.78 is 5.53. The first kappa shape index (κ1) is 9.22. The minimum absolute atomic E-state index is 0.406. The fraction of sp³-hybridized carbons (Fsp3) is 0.818. The second kappa shape index (κ2) is 4.77. The zero-order valence-corrected chi connectivity index (χ0v) is 8.17. The molecule has 2 saturated heterocycles. The molecule has 2 nitrogen and oxygen atoms in total. The van der Waals surface area contributed by atoms with E-state index in [1.807, 2.05) is 0 Å². The average Bonchev–Trinajstić information content (AvgIpc) is 2.69. The first-order valence-corrected chi connectivity index (χ1v) is 5.48. The zero-order chi connectivity index (χ0) is 8.93. The van der Waals surface area contributed by atoms with Crippen LogP contribution in [-0.2, 0) is 4.74 Å². The molecule has 0 spiro atoms. The Bertz CT molecular complexity index is 167. The molecule has 74 valence electrons. The summed E-state index contributed by atoms with van der Waals surface area (Å²) in [4.78, 5) is 0. The minimum atomic E-state index is 0.406. The van der Waals surface area contributed by atoms with Crippen LogP contribution in [0.1, 0.15) is 32.1 Å². The molecular weight excluding hydrogens is 162 g/mol. The van der Waals surface area contributed by atoms with E-state index in [-0.39, 0.29) is 0 Å². The van der Waals surface area contributed by atoms with E-state index in [4.69, 9.17) is 4.74 Å². The molecule has 2 rings (SSSR count). The molecule has 0 amide bonds. The molecule has 0 radical (unpaired) electrons. The molecule has 0 aromatic rings. The minimum Gasteiger partial charge on any atom is -0.374 e. The van der Waals surface area contributed by atoms with Crippen LogP contribution < -0.4 is 5.32 Å². The van der Waals surface area contributed by atoms with Gasteiger partial charge in [-0.3, -0.25) is 0 Å². The second-order valence-corrected chi connectivity index (χ2v) is 3.99. The summed E-state index contributed by atoms with van der Waals surface area (Å²) in [5.74, 6) is 0. The molecule has 2 aliphatic rings. The molecular formula is C11H19NO. The summed E-state index contributed by atoms with van der Waals surface area (Å²) in [6.07, 6.45) is 11.4. The van der Waals surface area contributed by atoms with Gasteiger partial charge < -0.3 is 10.1 Å². The topological polar surface area (TPSA) is 21.3 Å². The van der Waals surface area contributed by atoms with Crippen molar-refractivity contribution in [2.75, 3.05) is 13.2 Å². The van der Waals surface area contributed by atoms with E-state index in [9.17, 15) is 0 Å². The van der Waals surface area contributed by atoms with E-state index < -0.39 is 0 Å². The maximum atomic E-state index is 5.53. The number of hydrogen-bond acceptors (Lipinski definition) is 2. The van der Waals surface area contributed by atoms with Crippen LogP contribution in [0.2, 0.25) is 0 Å². The quantitative estimate of drug-likeness (QED) is 0.657. The van der Waals surface area contributed by atoms with Crippen molar-refractivity contribution >= 4 is 0 Å². The molecule has 0 bridgehead atoms. The number of hydrogen-bond donors (Lipinski definition) is 1. The maximum absolute atomic E-state index is 5.53. The molecule has 2 heterocycles. The first-order chi connectivity index (χ1) is 6.45. The highest BCUT2D eigenvalue weighted by molar-refractivity contribution is 4.99. The number of ether oxygens (including phenoxy) is 1. The largest absolute Gasteiger partial charge is 0.374 e. The number of piperidine rings is 1. The molecule has 13 heavy (non-hydrogen) atoms. The van der Waals surface area contributed by atoms with Crippen LogP contribution in [0.3, 0.4) is 0 Å². The van der Waals surface area contributed by atoms with E-state index in [2.05, 4.69) is 17.5 Å². The summed E-state index contributed by atoms with van der Waals surface area (Å²) >= 11 is 0. The zero-order valence-electron chi connectivity index (χ0n) is 8.17. The van der Waals surface area contributed by atoms with Gasteiger partial charge in [0.05, 0.1) is 6.10 Å². The Labute approximate surface area is 80.4 Å². The predicted molar refractivity (Wildman–Crippen MR) is 53.8 cm³/mol. The van der Waals surface area contributed by atoms with Crippen LogP contribution in [0.25, 0.3) is 0 Å². The second-order valence-electron chi connectivity index (χ2n) is 3.99. The standard InChI is InChI=1S/C11H19NO/c1-2-8-12-10(4-1)6-7-11-5-3-9-13-11/h6-7,10-12H,1-5,8-9H2/b7-6+. The van der Waals surface area contributed by atoms with Crippen LogP contribution in [0.15, 0.2) is 12.2 Å². The molecule has 2 unspecified atom stereocenters. The van der Waals surface area contributed by atoms with Crippen LogP contribution in [0, 0.1) is 0 Å². The molecule has 2 atom stereocenters. The van der Waals surface area contributed by atoms with Gasteiger partial charge in [0.15, 0.2) is 0 Å². The lowest BCUT2D eigenvalue weighted by molar-refractivity contribution is 0.145. The molecule has 0 aromatic carbocycles. The van der Waals surface area contributed by atoms with Crippen molar-refractivity contribution in [3.8, 4) is 0 Å². The van der Waals surface area contributed by atoms with Crippen LogP contribution in [-0.4, -0.2) is 25.3 Å². The lowest BCUT2D eigenvalue weighted by Gasteiger charge is -2.20. The van der Waals surface area contributed by atoms with E-state index in [1.54, 1.807) is 0 Å². The third-order valence-corrected chi connectivity index (χ3v) is 2.87. The van der Waals surface area contributed by atoms with Crippen molar-refractivity contribution < 1.29 is 4.74 Å². The van der Waals surface area contributed by atoms with Crippen LogP contribution in [0.5, 0.6) is 0 Å². The van der Waals surface area contributed by atoms with Crippen molar-refractivity contribution in [1.29, 1.82) is 0 Å². The van der Waals surface area contributed by atoms with Crippen LogP contribution in [0.4, 0.5) is 0 Å². The van der Waals surface area contributed by atoms with Gasteiger partial charge in [-0.2, -0.15) is 0 Å². The highest BCUT2D eigenvalue weighted by Gasteiger charge is 2.13. The number of nitrogens with one attached hydrogen (secondary N) is 1. The Morgan fingerprint density at radius 2 is 2.08 bits per heavy atom. The fourth-order valence-corrected chi connectivity index (χ4v) is 2.06. The molecule has 0 aromatic heterocycles. The van der Waals surface area contributed by atoms with Gasteiger partial charge in [0.2, 0.25) is 0 Å². The summed E-state index contributed by atoms with van der Waals surface area (Å²) in [5.41, 5.74) is 0. The van der Waals surface area contributed by atoms with Gasteiger partial charge in [-0.05, 0) is 32.2 Å². The van der Waals surface area contributed by atoms with Crippen molar-refractivity contribution in [2.24, 2.45) is 0 Å². The van der Waals surface area contributed by atoms with Gasteiger partial charge in [0.25, 0.3) is 0 Å². The summed E-state index contributed by atoms with van der Waals surface area (Å²) in [7, 11) is 0. The molecule has 2 aliphatic heterocycles. The van der Waals surface area contributed by atoms with Gasteiger partial charge >= 0.3 is 0 Å². The lowest BCUT2D eigenvalue weighted by atomic mass is 10.0. The van der Waals surface area contributed by atoms with Crippen LogP contribution >= 0.6 is 0 Å². The molecule has 1 N–H and O–H groups in total. The van der Waals surface area contributed by atoms with Crippen molar-refractivity contribution in [1.82, 2.24) is 5.32 Å². The van der Waals surface area contributed by atoms with E-state index in [0.29, 0.717) is 12.1 Å². The van der Waals surface area contributed by atoms with E-state index in [1.165, 1.54) is 38.6 Å². The Morgan fingerprint density at radius 3 is 2.77 bits per heavy atom. The summed E-state index contributed by atoms with van der Waals surface area (Å²) in [6, 6.07) is 0.609. The third-order valence-electron chi connectivity index (χ3n) is 2.87. The van der Waals surface area contributed by atoms with Gasteiger partial charge in [0.1, 0.15) is 0 Å². The average molecular weight is 181 g/mol. The monoisotopic (exact) mass is 181 g/mol. The molecule has 0 saturated carbocycles. The predicted octanol–water partition coefficient (Wildman–Crippen LogP) is 1.86. The normalized spacial score (nSPS) is 35.7. The van der Waals surface area contributed by atoms with Crippen molar-refractivity contribution in [3.05, 3.63) is 12.2 Å². The third kappa shape index (κ3) is 2.82. The van der Waals surface area contributed by atoms with E-state index in [0.717, 1.165) is 6.61 Å². The smallest absolute Gasteiger partial charge is 0.0757 e. The van der Waals surface area contributed by atoms with Crippen molar-refractivity contribution in [3.63, 3.8) is 0 Å². The van der Waals surface area contributed by atoms with Gasteiger partial charge in [-0.1, -0.05) is 18.6 Å². The Morgan fingerprint density at radius 1 is 1.08 bits per heavy atom. The van der Waals surface area contributed by atoms with E-state index >= 15 is 0 Å². The Kier molecular flexibility index (Phi) is 3.39. The highest BCUT2D eigenvalue weighted by Crippen LogP contribution is 2.14. The Balaban J connectivity index is 1.74. The summed E-state index contributed by atoms with van der Waals surface area (Å²) in [5, 5.41) is 3.50. The fourth-order valence-electron chi connectivity index (χ4n) is 2.06. The van der Waals surface area contributed by atoms with Gasteiger partial charge in [-0.25, -0.2) is 0 Å². The Hall–Kier alpha value is -0.340. The SMILES string of the molecule is C(=C\C1CCCO1)/C1CCCCN1. The van der Waals surface area contributed by atoms with Gasteiger partial charge in [-0.15, -0.1) is 0 Å². The molecule has 2 heteroatoms. The van der Waals surface area contributed by atoms with Gasteiger partial charge in [0, 0.05) is 12.6 Å².